The Morgan fingerprint density at radius 1 is 1.54 bits per heavy atom. The molecule has 1 aliphatic heterocycles. The first-order chi connectivity index (χ1) is 11.5. The van der Waals surface area contributed by atoms with Crippen LogP contribution in [0.15, 0.2) is 10.1 Å². The minimum Gasteiger partial charge on any atom is -0.323 e. The quantitative estimate of drug-likeness (QED) is 0.423. The Morgan fingerprint density at radius 2 is 2.33 bits per heavy atom. The number of nitriles is 1. The van der Waals surface area contributed by atoms with Gasteiger partial charge in [0.2, 0.25) is 5.91 Å². The fraction of sp³-hybridized carbons (Fsp3) is 0.750. The Bertz CT molecular complexity index is 519. The van der Waals surface area contributed by atoms with E-state index in [1.54, 1.807) is 0 Å². The lowest BCUT2D eigenvalue weighted by molar-refractivity contribution is -0.130. The van der Waals surface area contributed by atoms with E-state index >= 15 is 0 Å². The zero-order valence-corrected chi connectivity index (χ0v) is 14.1. The molecule has 0 unspecified atom stereocenters. The van der Waals surface area contributed by atoms with Gasteiger partial charge in [-0.3, -0.25) is 14.8 Å². The van der Waals surface area contributed by atoms with Crippen molar-refractivity contribution in [3.8, 4) is 6.07 Å². The number of nitrogens with zero attached hydrogens (tertiary/aromatic N) is 5. The van der Waals surface area contributed by atoms with Gasteiger partial charge in [0.15, 0.2) is 0 Å². The molecule has 8 heteroatoms. The Balaban J connectivity index is 1.72. The van der Waals surface area contributed by atoms with Crippen molar-refractivity contribution in [1.29, 1.82) is 5.26 Å². The maximum Gasteiger partial charge on any atom is 0.237 e. The van der Waals surface area contributed by atoms with Gasteiger partial charge in [0.25, 0.3) is 0 Å². The molecule has 2 fully saturated rings. The van der Waals surface area contributed by atoms with Crippen molar-refractivity contribution in [3.63, 3.8) is 0 Å². The Morgan fingerprint density at radius 3 is 3.04 bits per heavy atom. The molecule has 0 aromatic carbocycles. The van der Waals surface area contributed by atoms with Gasteiger partial charge in [-0.05, 0) is 31.9 Å². The number of hydrazone groups is 1. The third-order valence-corrected chi connectivity index (χ3v) is 4.66. The van der Waals surface area contributed by atoms with Gasteiger partial charge in [-0.2, -0.15) is 10.4 Å². The Labute approximate surface area is 142 Å². The van der Waals surface area contributed by atoms with Gasteiger partial charge in [0.05, 0.1) is 19.2 Å². The molecule has 0 spiro atoms. The second kappa shape index (κ2) is 8.73. The zero-order valence-electron chi connectivity index (χ0n) is 14.1. The molecule has 1 N–H and O–H groups in total. The standard InChI is InChI=1S/C16H25FN6O/c1-19-11-21-22(2)9-12-3-4-14(5-12)20-8-16(24)23-10-13(17)6-15(23)7-18/h11-15,20H,1,3-6,8-10H2,2H3/b21-11-/t12-,13-,14+,15-/m0/s1. The summed E-state index contributed by atoms with van der Waals surface area (Å²) in [5.41, 5.74) is 0. The van der Waals surface area contributed by atoms with Crippen LogP contribution in [-0.4, -0.2) is 73.8 Å². The molecular formula is C16H25FN6O. The second-order valence-electron chi connectivity index (χ2n) is 6.53. The van der Waals surface area contributed by atoms with E-state index in [0.29, 0.717) is 5.92 Å². The molecule has 1 amide bonds. The molecule has 1 heterocycles. The first-order valence-corrected chi connectivity index (χ1v) is 8.29. The Hall–Kier alpha value is -2.01. The highest BCUT2D eigenvalue weighted by Crippen LogP contribution is 2.26. The normalized spacial score (nSPS) is 29.8. The summed E-state index contributed by atoms with van der Waals surface area (Å²) in [6.45, 7) is 4.39. The highest BCUT2D eigenvalue weighted by Gasteiger charge is 2.35. The van der Waals surface area contributed by atoms with Crippen molar-refractivity contribution in [3.05, 3.63) is 0 Å². The van der Waals surface area contributed by atoms with Crippen molar-refractivity contribution in [2.75, 3.05) is 26.7 Å². The summed E-state index contributed by atoms with van der Waals surface area (Å²) in [7, 11) is 1.90. The Kier molecular flexibility index (Phi) is 6.67. The van der Waals surface area contributed by atoms with Crippen molar-refractivity contribution < 1.29 is 9.18 Å². The van der Waals surface area contributed by atoms with Crippen molar-refractivity contribution in [2.24, 2.45) is 16.0 Å². The zero-order chi connectivity index (χ0) is 17.5. The predicted molar refractivity (Wildman–Crippen MR) is 90.4 cm³/mol. The van der Waals surface area contributed by atoms with Crippen LogP contribution in [0.5, 0.6) is 0 Å². The van der Waals surface area contributed by atoms with Gasteiger partial charge >= 0.3 is 0 Å². The average molecular weight is 336 g/mol. The number of likely N-dealkylation sites (tertiary alicyclic amines) is 1. The molecule has 0 bridgehead atoms. The molecule has 132 valence electrons. The molecule has 2 aliphatic rings. The van der Waals surface area contributed by atoms with Gasteiger partial charge in [-0.1, -0.05) is 0 Å². The van der Waals surface area contributed by atoms with Crippen molar-refractivity contribution in [1.82, 2.24) is 15.2 Å². The number of halogens is 1. The molecule has 1 aliphatic carbocycles. The molecule has 0 radical (unpaired) electrons. The van der Waals surface area contributed by atoms with Crippen LogP contribution < -0.4 is 5.32 Å². The molecule has 0 aromatic heterocycles. The monoisotopic (exact) mass is 336 g/mol. The summed E-state index contributed by atoms with van der Waals surface area (Å²) in [5, 5.41) is 18.2. The van der Waals surface area contributed by atoms with Gasteiger partial charge in [0, 0.05) is 26.1 Å². The van der Waals surface area contributed by atoms with E-state index in [4.69, 9.17) is 5.26 Å². The van der Waals surface area contributed by atoms with E-state index in [0.717, 1.165) is 25.8 Å². The van der Waals surface area contributed by atoms with Crippen LogP contribution in [0.25, 0.3) is 0 Å². The van der Waals surface area contributed by atoms with Crippen LogP contribution in [0.3, 0.4) is 0 Å². The molecule has 1 saturated heterocycles. The van der Waals surface area contributed by atoms with Gasteiger partial charge < -0.3 is 10.2 Å². The maximum absolute atomic E-state index is 13.4. The topological polar surface area (TPSA) is 84.1 Å². The number of hydrogen-bond donors (Lipinski definition) is 1. The minimum absolute atomic E-state index is 0.0339. The first kappa shape index (κ1) is 18.3. The van der Waals surface area contributed by atoms with Crippen LogP contribution in [0.1, 0.15) is 25.7 Å². The van der Waals surface area contributed by atoms with E-state index in [9.17, 15) is 9.18 Å². The van der Waals surface area contributed by atoms with Crippen LogP contribution in [0.2, 0.25) is 0 Å². The second-order valence-corrected chi connectivity index (χ2v) is 6.53. The molecule has 1 saturated carbocycles. The van der Waals surface area contributed by atoms with Gasteiger partial charge in [-0.25, -0.2) is 4.39 Å². The number of hydrogen-bond acceptors (Lipinski definition) is 5. The molecular weight excluding hydrogens is 311 g/mol. The van der Waals surface area contributed by atoms with E-state index in [1.165, 1.54) is 11.2 Å². The van der Waals surface area contributed by atoms with Crippen molar-refractivity contribution in [2.45, 2.75) is 43.9 Å². The fourth-order valence-electron chi connectivity index (χ4n) is 3.49. The molecule has 4 atom stereocenters. The van der Waals surface area contributed by atoms with E-state index < -0.39 is 12.2 Å². The lowest BCUT2D eigenvalue weighted by Gasteiger charge is -2.21. The third kappa shape index (κ3) is 4.99. The van der Waals surface area contributed by atoms with E-state index in [1.807, 2.05) is 18.1 Å². The lowest BCUT2D eigenvalue weighted by Crippen LogP contribution is -2.43. The number of rotatable bonds is 7. The summed E-state index contributed by atoms with van der Waals surface area (Å²) in [5.74, 6) is 0.322. The number of carbonyl (C=O) groups excluding carboxylic acids is 1. The van der Waals surface area contributed by atoms with Crippen LogP contribution >= 0.6 is 0 Å². The van der Waals surface area contributed by atoms with E-state index in [-0.39, 0.29) is 31.5 Å². The largest absolute Gasteiger partial charge is 0.323 e. The number of nitrogens with one attached hydrogen (secondary N) is 1. The summed E-state index contributed by atoms with van der Waals surface area (Å²) in [6.07, 6.45) is 3.51. The maximum atomic E-state index is 13.4. The van der Waals surface area contributed by atoms with Crippen molar-refractivity contribution >= 4 is 19.0 Å². The number of aliphatic imine (C=N–C) groups is 1. The lowest BCUT2D eigenvalue weighted by atomic mass is 10.1. The molecule has 0 aromatic rings. The van der Waals surface area contributed by atoms with Gasteiger partial charge in [0.1, 0.15) is 18.6 Å². The van der Waals surface area contributed by atoms with Crippen LogP contribution in [0.4, 0.5) is 4.39 Å². The summed E-state index contributed by atoms with van der Waals surface area (Å²) >= 11 is 0. The third-order valence-electron chi connectivity index (χ3n) is 4.66. The fourth-order valence-corrected chi connectivity index (χ4v) is 3.49. The highest BCUT2D eigenvalue weighted by molar-refractivity contribution is 5.79. The SMILES string of the molecule is C=N/C=N\N(C)C[C@H]1CC[C@@H](NCC(=O)N2C[C@@H](F)C[C@H]2C#N)C1. The highest BCUT2D eigenvalue weighted by atomic mass is 19.1. The number of amides is 1. The number of alkyl halides is 1. The molecule has 7 nitrogen and oxygen atoms in total. The summed E-state index contributed by atoms with van der Waals surface area (Å²) in [6, 6.07) is 1.65. The van der Waals surface area contributed by atoms with Crippen LogP contribution in [-0.2, 0) is 4.79 Å². The summed E-state index contributed by atoms with van der Waals surface area (Å²) in [4.78, 5) is 17.1. The van der Waals surface area contributed by atoms with Crippen LogP contribution in [0, 0.1) is 17.2 Å². The average Bonchev–Trinajstić information content (AvgIpc) is 3.16. The minimum atomic E-state index is -1.09. The predicted octanol–water partition coefficient (Wildman–Crippen LogP) is 0.783. The smallest absolute Gasteiger partial charge is 0.237 e. The van der Waals surface area contributed by atoms with E-state index in [2.05, 4.69) is 22.1 Å². The first-order valence-electron chi connectivity index (χ1n) is 8.29. The molecule has 2 rings (SSSR count). The molecule has 24 heavy (non-hydrogen) atoms. The van der Waals surface area contributed by atoms with Gasteiger partial charge in [-0.15, -0.1) is 0 Å². The number of carbonyl (C=O) groups is 1. The summed E-state index contributed by atoms with van der Waals surface area (Å²) < 4.78 is 13.4.